The summed E-state index contributed by atoms with van der Waals surface area (Å²) < 4.78 is 14.0. The van der Waals surface area contributed by atoms with E-state index in [-0.39, 0.29) is 29.8 Å². The van der Waals surface area contributed by atoms with Gasteiger partial charge in [-0.05, 0) is 31.5 Å². The van der Waals surface area contributed by atoms with E-state index in [2.05, 4.69) is 26.0 Å². The smallest absolute Gasteiger partial charge is 0.191 e. The quantitative estimate of drug-likeness (QED) is 0.353. The number of rotatable bonds is 7. The van der Waals surface area contributed by atoms with Crippen molar-refractivity contribution < 1.29 is 4.39 Å². The molecule has 0 aliphatic heterocycles. The molecule has 5 nitrogen and oxygen atoms in total. The summed E-state index contributed by atoms with van der Waals surface area (Å²) in [5.74, 6) is 0.501. The Bertz CT molecular complexity index is 717. The molecule has 0 saturated carbocycles. The van der Waals surface area contributed by atoms with Crippen molar-refractivity contribution in [2.45, 2.75) is 26.8 Å². The summed E-state index contributed by atoms with van der Waals surface area (Å²) >= 11 is 1.66. The van der Waals surface area contributed by atoms with Crippen molar-refractivity contribution >= 4 is 47.0 Å². The molecule has 0 fully saturated rings. The van der Waals surface area contributed by atoms with Crippen molar-refractivity contribution in [3.8, 4) is 0 Å². The lowest BCUT2D eigenvalue weighted by molar-refractivity contribution is 0.624. The molecule has 0 aliphatic rings. The minimum Gasteiger partial charge on any atom is -0.375 e. The van der Waals surface area contributed by atoms with Crippen LogP contribution in [0, 0.1) is 12.7 Å². The first-order valence-electron chi connectivity index (χ1n) is 8.38. The number of anilines is 1. The lowest BCUT2D eigenvalue weighted by Crippen LogP contribution is -2.38. The Morgan fingerprint density at radius 3 is 2.65 bits per heavy atom. The number of thiazole rings is 1. The third kappa shape index (κ3) is 7.06. The zero-order valence-corrected chi connectivity index (χ0v) is 18.8. The Balaban J connectivity index is 0.00000338. The Morgan fingerprint density at radius 1 is 1.31 bits per heavy atom. The summed E-state index contributed by atoms with van der Waals surface area (Å²) in [6, 6.07) is 5.23. The number of aliphatic imine (C=N–C) groups is 1. The van der Waals surface area contributed by atoms with Crippen molar-refractivity contribution in [3.05, 3.63) is 45.7 Å². The van der Waals surface area contributed by atoms with Gasteiger partial charge in [0.05, 0.1) is 22.9 Å². The highest BCUT2D eigenvalue weighted by atomic mass is 127. The van der Waals surface area contributed by atoms with Crippen LogP contribution in [0.4, 0.5) is 10.1 Å². The topological polar surface area (TPSA) is 52.6 Å². The molecule has 2 N–H and O–H groups in total. The second kappa shape index (κ2) is 11.3. The van der Waals surface area contributed by atoms with Crippen molar-refractivity contribution in [3.63, 3.8) is 0 Å². The van der Waals surface area contributed by atoms with Gasteiger partial charge in [0.25, 0.3) is 0 Å². The maximum Gasteiger partial charge on any atom is 0.191 e. The third-order valence-electron chi connectivity index (χ3n) is 3.60. The number of hydrogen-bond donors (Lipinski definition) is 2. The summed E-state index contributed by atoms with van der Waals surface area (Å²) in [6.45, 7) is 5.98. The van der Waals surface area contributed by atoms with Crippen molar-refractivity contribution in [1.82, 2.24) is 15.6 Å². The van der Waals surface area contributed by atoms with E-state index in [1.807, 2.05) is 34.0 Å². The first-order valence-corrected chi connectivity index (χ1v) is 9.26. The molecule has 0 saturated heterocycles. The van der Waals surface area contributed by atoms with E-state index in [0.29, 0.717) is 12.2 Å². The van der Waals surface area contributed by atoms with Gasteiger partial charge in [-0.1, -0.05) is 6.07 Å². The molecule has 0 atom stereocenters. The number of halogens is 2. The standard InChI is InChI=1S/C18H26FN5S.HI/c1-5-20-18(21-9-8-15-12-25-13(2)23-15)22-11-14-6-7-17(24(3)4)16(19)10-14;/h6-7,10,12H,5,8-9,11H2,1-4H3,(H2,20,21,22);1H. The fourth-order valence-corrected chi connectivity index (χ4v) is 3.00. The van der Waals surface area contributed by atoms with Gasteiger partial charge in [0.1, 0.15) is 5.82 Å². The van der Waals surface area contributed by atoms with E-state index < -0.39 is 0 Å². The zero-order chi connectivity index (χ0) is 18.2. The summed E-state index contributed by atoms with van der Waals surface area (Å²) in [5, 5.41) is 9.66. The Labute approximate surface area is 176 Å². The molecule has 0 bridgehead atoms. The molecule has 8 heteroatoms. The molecule has 26 heavy (non-hydrogen) atoms. The molecule has 1 heterocycles. The number of guanidine groups is 1. The van der Waals surface area contributed by atoms with Crippen LogP contribution in [-0.4, -0.2) is 38.1 Å². The molecular formula is C18H27FIN5S. The van der Waals surface area contributed by atoms with Crippen LogP contribution in [0.25, 0.3) is 0 Å². The van der Waals surface area contributed by atoms with Crippen molar-refractivity contribution in [2.75, 3.05) is 32.1 Å². The number of benzene rings is 1. The van der Waals surface area contributed by atoms with Gasteiger partial charge in [0.2, 0.25) is 0 Å². The van der Waals surface area contributed by atoms with Crippen LogP contribution in [-0.2, 0) is 13.0 Å². The molecule has 2 aromatic rings. The molecule has 0 unspecified atom stereocenters. The minimum atomic E-state index is -0.227. The molecule has 1 aromatic carbocycles. The summed E-state index contributed by atoms with van der Waals surface area (Å²) in [4.78, 5) is 10.7. The molecule has 0 amide bonds. The Hall–Kier alpha value is -1.42. The van der Waals surface area contributed by atoms with Gasteiger partial charge < -0.3 is 15.5 Å². The van der Waals surface area contributed by atoms with Gasteiger partial charge >= 0.3 is 0 Å². The van der Waals surface area contributed by atoms with Gasteiger partial charge in [0.15, 0.2) is 5.96 Å². The van der Waals surface area contributed by atoms with Crippen LogP contribution in [0.3, 0.4) is 0 Å². The number of aromatic nitrogens is 1. The van der Waals surface area contributed by atoms with E-state index in [0.717, 1.165) is 41.7 Å². The molecule has 1 aromatic heterocycles. The maximum atomic E-state index is 14.0. The Morgan fingerprint density at radius 2 is 2.08 bits per heavy atom. The fourth-order valence-electron chi connectivity index (χ4n) is 2.36. The average molecular weight is 491 g/mol. The zero-order valence-electron chi connectivity index (χ0n) is 15.7. The highest BCUT2D eigenvalue weighted by Crippen LogP contribution is 2.18. The highest BCUT2D eigenvalue weighted by molar-refractivity contribution is 14.0. The maximum absolute atomic E-state index is 14.0. The predicted octanol–water partition coefficient (Wildman–Crippen LogP) is 3.57. The van der Waals surface area contributed by atoms with Crippen LogP contribution in [0.15, 0.2) is 28.6 Å². The van der Waals surface area contributed by atoms with E-state index in [1.165, 1.54) is 0 Å². The summed E-state index contributed by atoms with van der Waals surface area (Å²) in [5.41, 5.74) is 2.51. The summed E-state index contributed by atoms with van der Waals surface area (Å²) in [6.07, 6.45) is 0.848. The van der Waals surface area contributed by atoms with E-state index in [4.69, 9.17) is 0 Å². The monoisotopic (exact) mass is 491 g/mol. The molecule has 0 aliphatic carbocycles. The molecule has 0 radical (unpaired) electrons. The number of nitrogens with zero attached hydrogens (tertiary/aromatic N) is 3. The number of aryl methyl sites for hydroxylation is 1. The van der Waals surface area contributed by atoms with Gasteiger partial charge in [-0.3, -0.25) is 0 Å². The number of nitrogens with one attached hydrogen (secondary N) is 2. The van der Waals surface area contributed by atoms with Crippen LogP contribution in [0.2, 0.25) is 0 Å². The van der Waals surface area contributed by atoms with Crippen LogP contribution >= 0.6 is 35.3 Å². The first kappa shape index (κ1) is 22.6. The molecular weight excluding hydrogens is 464 g/mol. The second-order valence-electron chi connectivity index (χ2n) is 5.91. The molecule has 0 spiro atoms. The third-order valence-corrected chi connectivity index (χ3v) is 4.42. The lowest BCUT2D eigenvalue weighted by atomic mass is 10.2. The largest absolute Gasteiger partial charge is 0.375 e. The van der Waals surface area contributed by atoms with Crippen molar-refractivity contribution in [1.29, 1.82) is 0 Å². The van der Waals surface area contributed by atoms with Gasteiger partial charge in [-0.15, -0.1) is 35.3 Å². The average Bonchev–Trinajstić information content (AvgIpc) is 2.97. The second-order valence-corrected chi connectivity index (χ2v) is 6.97. The molecule has 144 valence electrons. The minimum absolute atomic E-state index is 0. The Kier molecular flexibility index (Phi) is 9.85. The predicted molar refractivity (Wildman–Crippen MR) is 120 cm³/mol. The van der Waals surface area contributed by atoms with E-state index in [9.17, 15) is 4.39 Å². The van der Waals surface area contributed by atoms with Crippen LogP contribution in [0.1, 0.15) is 23.2 Å². The molecule has 2 rings (SSSR count). The fraction of sp³-hybridized carbons (Fsp3) is 0.444. The van der Waals surface area contributed by atoms with Crippen LogP contribution < -0.4 is 15.5 Å². The van der Waals surface area contributed by atoms with Gasteiger partial charge in [-0.2, -0.15) is 0 Å². The first-order chi connectivity index (χ1) is 12.0. The SMILES string of the molecule is CCNC(=NCc1ccc(N(C)C)c(F)c1)NCCc1csc(C)n1.I. The van der Waals surface area contributed by atoms with E-state index in [1.54, 1.807) is 28.4 Å². The van der Waals surface area contributed by atoms with Crippen LogP contribution in [0.5, 0.6) is 0 Å². The number of hydrogen-bond acceptors (Lipinski definition) is 4. The summed E-state index contributed by atoms with van der Waals surface area (Å²) in [7, 11) is 3.65. The normalized spacial score (nSPS) is 11.0. The van der Waals surface area contributed by atoms with Gasteiger partial charge in [-0.25, -0.2) is 14.4 Å². The lowest BCUT2D eigenvalue weighted by Gasteiger charge is -2.14. The highest BCUT2D eigenvalue weighted by Gasteiger charge is 2.06. The van der Waals surface area contributed by atoms with E-state index >= 15 is 0 Å². The van der Waals surface area contributed by atoms with Gasteiger partial charge in [0, 0.05) is 39.0 Å². The van der Waals surface area contributed by atoms with Crippen molar-refractivity contribution in [2.24, 2.45) is 4.99 Å².